The SMILES string of the molecule is C=C(C=O)/C(=C\C(=C/C)N1CCN(CC2=C(c3ccc(Cl)cc3)CC(C)(C)CC2)CC1)Oc1cnc2[nH]ccc2c1. The van der Waals surface area contributed by atoms with Gasteiger partial charge < -0.3 is 14.6 Å². The van der Waals surface area contributed by atoms with Crippen LogP contribution in [0.1, 0.15) is 45.6 Å². The van der Waals surface area contributed by atoms with Gasteiger partial charge in [0.25, 0.3) is 0 Å². The van der Waals surface area contributed by atoms with Crippen molar-refractivity contribution in [1.82, 2.24) is 19.8 Å². The summed E-state index contributed by atoms with van der Waals surface area (Å²) < 4.78 is 6.13. The number of carbonyl (C=O) groups excluding carboxylic acids is 1. The molecule has 5 rings (SSSR count). The Hall–Kier alpha value is -3.61. The van der Waals surface area contributed by atoms with Crippen LogP contribution >= 0.6 is 11.6 Å². The molecule has 0 unspecified atom stereocenters. The number of aldehydes is 1. The Balaban J connectivity index is 1.28. The van der Waals surface area contributed by atoms with Crippen molar-refractivity contribution in [2.24, 2.45) is 5.41 Å². The standard InChI is InChI=1S/C34H39ClN4O2/c1-5-29(19-32(24(2)23-40)41-30-18-26-11-13-36-33(26)37-21-30)39-16-14-38(15-17-39)22-27-10-12-34(3,4)20-31(27)25-6-8-28(35)9-7-25/h5-9,11,13,18-19,21,23H,2,10,12,14-17,20,22H2,1,3-4H3,(H,36,37)/b29-5+,32-19+. The molecule has 6 nitrogen and oxygen atoms in total. The van der Waals surface area contributed by atoms with Crippen LogP contribution < -0.4 is 4.74 Å². The highest BCUT2D eigenvalue weighted by Crippen LogP contribution is 2.43. The number of benzene rings is 1. The van der Waals surface area contributed by atoms with Gasteiger partial charge in [-0.2, -0.15) is 0 Å². The summed E-state index contributed by atoms with van der Waals surface area (Å²) in [4.78, 5) is 24.1. The molecule has 2 aromatic heterocycles. The molecule has 0 amide bonds. The van der Waals surface area contributed by atoms with E-state index in [1.165, 1.54) is 17.6 Å². The number of nitrogens with zero attached hydrogens (tertiary/aromatic N) is 3. The topological polar surface area (TPSA) is 61.5 Å². The third-order valence-electron chi connectivity index (χ3n) is 8.17. The molecule has 1 saturated heterocycles. The zero-order valence-electron chi connectivity index (χ0n) is 24.3. The molecule has 2 aliphatic rings. The highest BCUT2D eigenvalue weighted by molar-refractivity contribution is 6.30. The van der Waals surface area contributed by atoms with Crippen LogP contribution in [0.4, 0.5) is 0 Å². The van der Waals surface area contributed by atoms with E-state index in [0.717, 1.165) is 73.6 Å². The monoisotopic (exact) mass is 570 g/mol. The van der Waals surface area contributed by atoms with Crippen molar-refractivity contribution in [3.05, 3.63) is 101 Å². The first-order chi connectivity index (χ1) is 19.7. The number of H-pyrrole nitrogens is 1. The fourth-order valence-electron chi connectivity index (χ4n) is 5.74. The first-order valence-electron chi connectivity index (χ1n) is 14.3. The van der Waals surface area contributed by atoms with Crippen molar-refractivity contribution in [2.45, 2.75) is 40.0 Å². The molecule has 214 valence electrons. The van der Waals surface area contributed by atoms with Gasteiger partial charge in [0.15, 0.2) is 6.29 Å². The van der Waals surface area contributed by atoms with Gasteiger partial charge in [-0.25, -0.2) is 4.98 Å². The molecule has 1 aromatic carbocycles. The lowest BCUT2D eigenvalue weighted by Crippen LogP contribution is -2.46. The predicted octanol–water partition coefficient (Wildman–Crippen LogP) is 7.42. The number of allylic oxidation sites excluding steroid dienone is 4. The minimum atomic E-state index is 0.291. The number of piperazine rings is 1. The van der Waals surface area contributed by atoms with E-state index in [1.807, 2.05) is 43.5 Å². The number of nitrogens with one attached hydrogen (secondary N) is 1. The Labute approximate surface area is 248 Å². The Bertz CT molecular complexity index is 1500. The van der Waals surface area contributed by atoms with Crippen LogP contribution in [-0.2, 0) is 4.79 Å². The maximum atomic E-state index is 11.7. The van der Waals surface area contributed by atoms with Crippen molar-refractivity contribution in [1.29, 1.82) is 0 Å². The van der Waals surface area contributed by atoms with Gasteiger partial charge in [-0.3, -0.25) is 9.69 Å². The van der Waals surface area contributed by atoms with E-state index in [2.05, 4.69) is 58.4 Å². The molecule has 3 aromatic rings. The Kier molecular flexibility index (Phi) is 8.81. The maximum Gasteiger partial charge on any atom is 0.153 e. The van der Waals surface area contributed by atoms with Crippen molar-refractivity contribution >= 4 is 34.5 Å². The minimum absolute atomic E-state index is 0.291. The van der Waals surface area contributed by atoms with Gasteiger partial charge >= 0.3 is 0 Å². The largest absolute Gasteiger partial charge is 0.455 e. The van der Waals surface area contributed by atoms with Gasteiger partial charge in [0.05, 0.1) is 6.20 Å². The van der Waals surface area contributed by atoms with Gasteiger partial charge in [-0.15, -0.1) is 0 Å². The molecule has 1 N–H and O–H groups in total. The lowest BCUT2D eigenvalue weighted by molar-refractivity contribution is -0.104. The molecule has 0 spiro atoms. The Morgan fingerprint density at radius 2 is 1.93 bits per heavy atom. The summed E-state index contributed by atoms with van der Waals surface area (Å²) in [7, 11) is 0. The van der Waals surface area contributed by atoms with E-state index >= 15 is 0 Å². The first kappa shape index (κ1) is 28.9. The van der Waals surface area contributed by atoms with E-state index in [1.54, 1.807) is 11.8 Å². The fraction of sp³-hybridized carbons (Fsp3) is 0.353. The number of ether oxygens (including phenoxy) is 1. The van der Waals surface area contributed by atoms with Gasteiger partial charge in [0, 0.05) is 66.7 Å². The van der Waals surface area contributed by atoms with Crippen LogP contribution in [-0.4, -0.2) is 58.8 Å². The van der Waals surface area contributed by atoms with Crippen molar-refractivity contribution in [2.75, 3.05) is 32.7 Å². The summed E-state index contributed by atoms with van der Waals surface area (Å²) in [5.41, 5.74) is 6.73. The van der Waals surface area contributed by atoms with E-state index in [9.17, 15) is 4.79 Å². The molecule has 1 aliphatic heterocycles. The minimum Gasteiger partial charge on any atom is -0.455 e. The van der Waals surface area contributed by atoms with Crippen molar-refractivity contribution < 1.29 is 9.53 Å². The molecule has 1 aliphatic carbocycles. The molecule has 0 bridgehead atoms. The number of aromatic nitrogens is 2. The lowest BCUT2D eigenvalue weighted by atomic mass is 9.72. The fourth-order valence-corrected chi connectivity index (χ4v) is 5.86. The zero-order chi connectivity index (χ0) is 29.0. The molecule has 3 heterocycles. The molecule has 0 atom stereocenters. The summed E-state index contributed by atoms with van der Waals surface area (Å²) in [6, 6.07) is 12.2. The number of fused-ring (bicyclic) bond motifs is 1. The Morgan fingerprint density at radius 3 is 2.63 bits per heavy atom. The summed E-state index contributed by atoms with van der Waals surface area (Å²) >= 11 is 6.19. The van der Waals surface area contributed by atoms with Crippen LogP contribution in [0.2, 0.25) is 5.02 Å². The number of hydrogen-bond acceptors (Lipinski definition) is 5. The third-order valence-corrected chi connectivity index (χ3v) is 8.42. The normalized spacial score (nSPS) is 18.6. The molecular weight excluding hydrogens is 532 g/mol. The molecule has 0 radical (unpaired) electrons. The van der Waals surface area contributed by atoms with E-state index in [-0.39, 0.29) is 0 Å². The number of pyridine rings is 1. The second-order valence-corrected chi connectivity index (χ2v) is 12.2. The molecule has 41 heavy (non-hydrogen) atoms. The third kappa shape index (κ3) is 7.00. The first-order valence-corrected chi connectivity index (χ1v) is 14.7. The van der Waals surface area contributed by atoms with Crippen LogP contribution in [0, 0.1) is 5.41 Å². The maximum absolute atomic E-state index is 11.7. The second kappa shape index (κ2) is 12.5. The average Bonchev–Trinajstić information content (AvgIpc) is 3.44. The van der Waals surface area contributed by atoms with Crippen molar-refractivity contribution in [3.8, 4) is 5.75 Å². The Morgan fingerprint density at radius 1 is 1.17 bits per heavy atom. The van der Waals surface area contributed by atoms with Gasteiger partial charge in [-0.1, -0.05) is 55.8 Å². The summed E-state index contributed by atoms with van der Waals surface area (Å²) in [5.74, 6) is 0.988. The van der Waals surface area contributed by atoms with Crippen LogP contribution in [0.3, 0.4) is 0 Å². The smallest absolute Gasteiger partial charge is 0.153 e. The zero-order valence-corrected chi connectivity index (χ0v) is 25.0. The van der Waals surface area contributed by atoms with Crippen molar-refractivity contribution in [3.63, 3.8) is 0 Å². The number of carbonyl (C=O) groups is 1. The quantitative estimate of drug-likeness (QED) is 0.125. The molecule has 1 fully saturated rings. The lowest BCUT2D eigenvalue weighted by Gasteiger charge is -2.39. The average molecular weight is 571 g/mol. The number of hydrogen-bond donors (Lipinski definition) is 1. The van der Waals surface area contributed by atoms with Gasteiger partial charge in [0.1, 0.15) is 17.2 Å². The molecular formula is C34H39ClN4O2. The highest BCUT2D eigenvalue weighted by Gasteiger charge is 2.29. The number of rotatable bonds is 9. The van der Waals surface area contributed by atoms with Gasteiger partial charge in [0.2, 0.25) is 0 Å². The van der Waals surface area contributed by atoms with E-state index in [4.69, 9.17) is 16.3 Å². The number of halogens is 1. The summed E-state index contributed by atoms with van der Waals surface area (Å²) in [6.45, 7) is 15.4. The van der Waals surface area contributed by atoms with E-state index < -0.39 is 0 Å². The van der Waals surface area contributed by atoms with E-state index in [0.29, 0.717) is 22.5 Å². The summed E-state index contributed by atoms with van der Waals surface area (Å²) in [5, 5.41) is 1.72. The molecule has 7 heteroatoms. The highest BCUT2D eigenvalue weighted by atomic mass is 35.5. The summed E-state index contributed by atoms with van der Waals surface area (Å²) in [6.07, 6.45) is 11.6. The predicted molar refractivity (Wildman–Crippen MR) is 168 cm³/mol. The number of aromatic amines is 1. The molecule has 0 saturated carbocycles. The van der Waals surface area contributed by atoms with Crippen LogP contribution in [0.5, 0.6) is 5.75 Å². The van der Waals surface area contributed by atoms with Crippen LogP contribution in [0.15, 0.2) is 90.1 Å². The van der Waals surface area contributed by atoms with Crippen LogP contribution in [0.25, 0.3) is 16.6 Å². The second-order valence-electron chi connectivity index (χ2n) is 11.7. The van der Waals surface area contributed by atoms with Gasteiger partial charge in [-0.05, 0) is 67.0 Å².